The van der Waals surface area contributed by atoms with E-state index in [2.05, 4.69) is 44.0 Å². The fourth-order valence-corrected chi connectivity index (χ4v) is 5.27. The lowest BCUT2D eigenvalue weighted by atomic mass is 10.1. The van der Waals surface area contributed by atoms with Gasteiger partial charge in [0.05, 0.1) is 22.3 Å². The van der Waals surface area contributed by atoms with Crippen LogP contribution in [-0.2, 0) is 4.79 Å². The molecule has 2 heterocycles. The SMILES string of the molecule is Cc1ccc(-n2c(=O)c3ccccc3n3c(SCC(=O)N(CC(C)C)CC(C)C)nnc23)c(C)c1. The summed E-state index contributed by atoms with van der Waals surface area (Å²) in [6.45, 7) is 14.0. The number of fused-ring (bicyclic) bond motifs is 3. The van der Waals surface area contributed by atoms with Crippen molar-refractivity contribution >= 4 is 34.3 Å². The number of hydrogen-bond donors (Lipinski definition) is 0. The van der Waals surface area contributed by atoms with Gasteiger partial charge in [0.15, 0.2) is 5.16 Å². The van der Waals surface area contributed by atoms with E-state index in [1.165, 1.54) is 11.8 Å². The first-order valence-corrected chi connectivity index (χ1v) is 13.0. The summed E-state index contributed by atoms with van der Waals surface area (Å²) < 4.78 is 3.52. The van der Waals surface area contributed by atoms with E-state index in [-0.39, 0.29) is 17.2 Å². The third-order valence-corrected chi connectivity index (χ3v) is 6.75. The highest BCUT2D eigenvalue weighted by Gasteiger charge is 2.21. The number of hydrogen-bond acceptors (Lipinski definition) is 5. The normalized spacial score (nSPS) is 11.8. The minimum absolute atomic E-state index is 0.0844. The number of thioether (sulfide) groups is 1. The van der Waals surface area contributed by atoms with E-state index < -0.39 is 0 Å². The Hall–Kier alpha value is -3.13. The second-order valence-corrected chi connectivity index (χ2v) is 10.9. The lowest BCUT2D eigenvalue weighted by molar-refractivity contribution is -0.129. The molecular weight excluding hydrogens is 458 g/mol. The topological polar surface area (TPSA) is 72.5 Å². The molecule has 4 aromatic rings. The van der Waals surface area contributed by atoms with Crippen molar-refractivity contribution in [1.82, 2.24) is 24.1 Å². The van der Waals surface area contributed by atoms with Gasteiger partial charge in [-0.15, -0.1) is 10.2 Å². The number of para-hydroxylation sites is 1. The maximum Gasteiger partial charge on any atom is 0.267 e. The Morgan fingerprint density at radius 3 is 2.34 bits per heavy atom. The van der Waals surface area contributed by atoms with E-state index in [0.29, 0.717) is 28.2 Å². The minimum atomic E-state index is -0.139. The molecule has 0 N–H and O–H groups in total. The Morgan fingerprint density at radius 2 is 1.69 bits per heavy atom. The summed E-state index contributed by atoms with van der Waals surface area (Å²) in [4.78, 5) is 28.6. The van der Waals surface area contributed by atoms with Crippen LogP contribution in [0.25, 0.3) is 22.4 Å². The van der Waals surface area contributed by atoms with Crippen molar-refractivity contribution in [2.45, 2.75) is 46.7 Å². The van der Waals surface area contributed by atoms with Crippen LogP contribution in [0.15, 0.2) is 52.4 Å². The number of carbonyl (C=O) groups is 1. The van der Waals surface area contributed by atoms with E-state index in [9.17, 15) is 9.59 Å². The first-order chi connectivity index (χ1) is 16.7. The number of amides is 1. The molecule has 0 saturated carbocycles. The van der Waals surface area contributed by atoms with Gasteiger partial charge < -0.3 is 4.90 Å². The molecule has 0 bridgehead atoms. The molecule has 0 fully saturated rings. The van der Waals surface area contributed by atoms with Crippen molar-refractivity contribution in [1.29, 1.82) is 0 Å². The maximum atomic E-state index is 13.6. The van der Waals surface area contributed by atoms with Gasteiger partial charge in [0.1, 0.15) is 0 Å². The van der Waals surface area contributed by atoms with E-state index in [1.807, 2.05) is 59.5 Å². The van der Waals surface area contributed by atoms with Gasteiger partial charge in [-0.1, -0.05) is 69.3 Å². The summed E-state index contributed by atoms with van der Waals surface area (Å²) in [5, 5.41) is 10.0. The van der Waals surface area contributed by atoms with Crippen LogP contribution in [0.4, 0.5) is 0 Å². The summed E-state index contributed by atoms with van der Waals surface area (Å²) in [5.74, 6) is 1.58. The van der Waals surface area contributed by atoms with Gasteiger partial charge in [-0.3, -0.25) is 14.0 Å². The first-order valence-electron chi connectivity index (χ1n) is 12.0. The van der Waals surface area contributed by atoms with Crippen molar-refractivity contribution in [3.63, 3.8) is 0 Å². The lowest BCUT2D eigenvalue weighted by Crippen LogP contribution is -2.38. The van der Waals surface area contributed by atoms with Crippen LogP contribution >= 0.6 is 11.8 Å². The average Bonchev–Trinajstić information content (AvgIpc) is 3.21. The molecule has 4 rings (SSSR count). The van der Waals surface area contributed by atoms with E-state index in [1.54, 1.807) is 4.57 Å². The molecule has 0 aliphatic heterocycles. The lowest BCUT2D eigenvalue weighted by Gasteiger charge is -2.26. The van der Waals surface area contributed by atoms with Gasteiger partial charge >= 0.3 is 0 Å². The third kappa shape index (κ3) is 5.12. The quantitative estimate of drug-likeness (QED) is 0.328. The van der Waals surface area contributed by atoms with Gasteiger partial charge in [0.25, 0.3) is 5.56 Å². The second kappa shape index (κ2) is 10.2. The molecule has 0 aliphatic rings. The Bertz CT molecular complexity index is 1430. The molecule has 35 heavy (non-hydrogen) atoms. The van der Waals surface area contributed by atoms with Crippen molar-refractivity contribution < 1.29 is 4.79 Å². The molecule has 2 aromatic carbocycles. The molecule has 7 nitrogen and oxygen atoms in total. The molecular formula is C27H33N5O2S. The highest BCUT2D eigenvalue weighted by Crippen LogP contribution is 2.25. The zero-order chi connectivity index (χ0) is 25.3. The average molecular weight is 492 g/mol. The smallest absolute Gasteiger partial charge is 0.267 e. The summed E-state index contributed by atoms with van der Waals surface area (Å²) >= 11 is 1.36. The predicted molar refractivity (Wildman–Crippen MR) is 143 cm³/mol. The molecule has 1 amide bonds. The van der Waals surface area contributed by atoms with Crippen LogP contribution in [0, 0.1) is 25.7 Å². The minimum Gasteiger partial charge on any atom is -0.341 e. The van der Waals surface area contributed by atoms with Crippen molar-refractivity contribution in [2.75, 3.05) is 18.8 Å². The second-order valence-electron chi connectivity index (χ2n) is 9.94. The Morgan fingerprint density at radius 1 is 1.00 bits per heavy atom. The fraction of sp³-hybridized carbons (Fsp3) is 0.407. The summed E-state index contributed by atoms with van der Waals surface area (Å²) in [7, 11) is 0. The number of nitrogens with zero attached hydrogens (tertiary/aromatic N) is 5. The monoisotopic (exact) mass is 491 g/mol. The number of aryl methyl sites for hydroxylation is 2. The molecule has 184 valence electrons. The Balaban J connectivity index is 1.79. The predicted octanol–water partition coefficient (Wildman–Crippen LogP) is 4.88. The van der Waals surface area contributed by atoms with E-state index in [4.69, 9.17) is 0 Å². The molecule has 0 spiro atoms. The van der Waals surface area contributed by atoms with Gasteiger partial charge in [0, 0.05) is 13.1 Å². The molecule has 0 unspecified atom stereocenters. The van der Waals surface area contributed by atoms with Crippen LogP contribution < -0.4 is 5.56 Å². The Kier molecular flexibility index (Phi) is 7.31. The van der Waals surface area contributed by atoms with Crippen LogP contribution in [-0.4, -0.2) is 48.8 Å². The summed E-state index contributed by atoms with van der Waals surface area (Å²) in [6, 6.07) is 13.5. The maximum absolute atomic E-state index is 13.6. The number of carbonyl (C=O) groups excluding carboxylic acids is 1. The highest BCUT2D eigenvalue weighted by atomic mass is 32.2. The van der Waals surface area contributed by atoms with Gasteiger partial charge in [0.2, 0.25) is 11.7 Å². The molecule has 0 saturated heterocycles. The fourth-order valence-electron chi connectivity index (χ4n) is 4.42. The zero-order valence-corrected chi connectivity index (χ0v) is 22.1. The third-order valence-electron chi connectivity index (χ3n) is 5.84. The summed E-state index contributed by atoms with van der Waals surface area (Å²) in [5.41, 5.74) is 3.47. The molecule has 0 radical (unpaired) electrons. The van der Waals surface area contributed by atoms with E-state index >= 15 is 0 Å². The van der Waals surface area contributed by atoms with Crippen molar-refractivity contribution in [2.24, 2.45) is 11.8 Å². The zero-order valence-electron chi connectivity index (χ0n) is 21.3. The molecule has 0 atom stereocenters. The number of benzene rings is 2. The standard InChI is InChI=1S/C27H33N5O2S/c1-17(2)14-30(15-18(3)4)24(33)16-35-27-29-28-26-31(22-12-11-19(5)13-20(22)6)25(34)21-9-7-8-10-23(21)32(26)27/h7-13,17-18H,14-16H2,1-6H3. The molecule has 8 heteroatoms. The van der Waals surface area contributed by atoms with Gasteiger partial charge in [-0.05, 0) is 49.4 Å². The van der Waals surface area contributed by atoms with Crippen LogP contribution in [0.5, 0.6) is 0 Å². The van der Waals surface area contributed by atoms with Gasteiger partial charge in [-0.2, -0.15) is 0 Å². The largest absolute Gasteiger partial charge is 0.341 e. The summed E-state index contributed by atoms with van der Waals surface area (Å²) in [6.07, 6.45) is 0. The number of aromatic nitrogens is 4. The van der Waals surface area contributed by atoms with Gasteiger partial charge in [-0.25, -0.2) is 4.57 Å². The molecule has 0 aliphatic carbocycles. The van der Waals surface area contributed by atoms with Crippen molar-refractivity contribution in [3.8, 4) is 5.69 Å². The van der Waals surface area contributed by atoms with Crippen LogP contribution in [0.3, 0.4) is 0 Å². The van der Waals surface area contributed by atoms with Crippen LogP contribution in [0.2, 0.25) is 0 Å². The van der Waals surface area contributed by atoms with Crippen LogP contribution in [0.1, 0.15) is 38.8 Å². The first kappa shape index (κ1) is 25.0. The number of rotatable bonds is 8. The molecule has 2 aromatic heterocycles. The van der Waals surface area contributed by atoms with E-state index in [0.717, 1.165) is 35.4 Å². The highest BCUT2D eigenvalue weighted by molar-refractivity contribution is 7.99. The Labute approximate surface area is 210 Å². The van der Waals surface area contributed by atoms with Crippen molar-refractivity contribution in [3.05, 3.63) is 63.9 Å².